The number of hydrogen-bond acceptors (Lipinski definition) is 3. The highest BCUT2D eigenvalue weighted by atomic mass is 16.2. The van der Waals surface area contributed by atoms with E-state index in [4.69, 9.17) is 0 Å². The average molecular weight is 327 g/mol. The first-order valence-corrected chi connectivity index (χ1v) is 8.44. The molecule has 0 bridgehead atoms. The van der Waals surface area contributed by atoms with Crippen molar-refractivity contribution in [2.75, 3.05) is 25.5 Å². The van der Waals surface area contributed by atoms with E-state index in [1.54, 1.807) is 0 Å². The lowest BCUT2D eigenvalue weighted by molar-refractivity contribution is 0.151. The number of rotatable bonds is 4. The molecule has 2 N–H and O–H groups in total. The maximum Gasteiger partial charge on any atom is 0.318 e. The van der Waals surface area contributed by atoms with Crippen LogP contribution in [0.1, 0.15) is 36.4 Å². The lowest BCUT2D eigenvalue weighted by atomic mass is 9.98. The maximum atomic E-state index is 12.7. The molecule has 0 unspecified atom stereocenters. The van der Waals surface area contributed by atoms with E-state index in [0.29, 0.717) is 6.54 Å². The quantitative estimate of drug-likeness (QED) is 0.907. The minimum Gasteiger partial charge on any atom is -0.378 e. The summed E-state index contributed by atoms with van der Waals surface area (Å²) in [6.07, 6.45) is 6.89. The predicted octanol–water partition coefficient (Wildman–Crippen LogP) is 2.91. The predicted molar refractivity (Wildman–Crippen MR) is 94.9 cm³/mol. The molecular formula is C18H25N5O. The molecular weight excluding hydrogens is 302 g/mol. The van der Waals surface area contributed by atoms with Gasteiger partial charge in [0.15, 0.2) is 0 Å². The molecule has 1 aromatic heterocycles. The molecule has 1 fully saturated rings. The maximum absolute atomic E-state index is 12.7. The number of hydrogen-bond donors (Lipinski definition) is 2. The van der Waals surface area contributed by atoms with Crippen molar-refractivity contribution in [3.05, 3.63) is 47.8 Å². The molecule has 1 aliphatic rings. The smallest absolute Gasteiger partial charge is 0.318 e. The van der Waals surface area contributed by atoms with Gasteiger partial charge in [-0.2, -0.15) is 5.10 Å². The third kappa shape index (κ3) is 3.69. The van der Waals surface area contributed by atoms with Crippen LogP contribution in [0.2, 0.25) is 0 Å². The van der Waals surface area contributed by atoms with Crippen molar-refractivity contribution in [1.29, 1.82) is 0 Å². The lowest BCUT2D eigenvalue weighted by Gasteiger charge is -2.35. The second-order valence-electron chi connectivity index (χ2n) is 6.46. The van der Waals surface area contributed by atoms with Gasteiger partial charge in [-0.15, -0.1) is 0 Å². The number of likely N-dealkylation sites (tertiary alicyclic amines) is 1. The summed E-state index contributed by atoms with van der Waals surface area (Å²) in [6.45, 7) is 1.33. The van der Waals surface area contributed by atoms with E-state index in [0.717, 1.165) is 42.6 Å². The van der Waals surface area contributed by atoms with E-state index in [9.17, 15) is 4.79 Å². The van der Waals surface area contributed by atoms with Crippen LogP contribution in [0, 0.1) is 0 Å². The minimum absolute atomic E-state index is 0.00356. The van der Waals surface area contributed by atoms with Crippen molar-refractivity contribution in [2.24, 2.45) is 0 Å². The summed E-state index contributed by atoms with van der Waals surface area (Å²) >= 11 is 0. The number of aromatic nitrogens is 2. The summed E-state index contributed by atoms with van der Waals surface area (Å²) in [5.74, 6) is 0. The first-order chi connectivity index (χ1) is 11.6. The van der Waals surface area contributed by atoms with Crippen LogP contribution in [-0.4, -0.2) is 41.8 Å². The summed E-state index contributed by atoms with van der Waals surface area (Å²) in [6, 6.07) is 8.33. The topological polar surface area (TPSA) is 64.3 Å². The van der Waals surface area contributed by atoms with Crippen LogP contribution in [0.4, 0.5) is 10.5 Å². The van der Waals surface area contributed by atoms with Crippen LogP contribution in [0.15, 0.2) is 36.7 Å². The fourth-order valence-electron chi connectivity index (χ4n) is 3.19. The summed E-state index contributed by atoms with van der Waals surface area (Å²) in [4.78, 5) is 16.7. The fraction of sp³-hybridized carbons (Fsp3) is 0.444. The molecule has 0 radical (unpaired) electrons. The van der Waals surface area contributed by atoms with Gasteiger partial charge in [-0.3, -0.25) is 5.10 Å². The first-order valence-electron chi connectivity index (χ1n) is 8.44. The molecule has 1 atom stereocenters. The molecule has 1 aromatic carbocycles. The second kappa shape index (κ2) is 7.38. The third-order valence-corrected chi connectivity index (χ3v) is 4.54. The van der Waals surface area contributed by atoms with E-state index >= 15 is 0 Å². The molecule has 0 saturated carbocycles. The number of carbonyl (C=O) groups excluding carboxylic acids is 1. The van der Waals surface area contributed by atoms with Crippen LogP contribution in [0.3, 0.4) is 0 Å². The Kier molecular flexibility index (Phi) is 5.03. The van der Waals surface area contributed by atoms with Gasteiger partial charge in [-0.25, -0.2) is 4.79 Å². The normalized spacial score (nSPS) is 17.6. The zero-order chi connectivity index (χ0) is 16.9. The van der Waals surface area contributed by atoms with E-state index in [-0.39, 0.29) is 12.1 Å². The molecule has 1 aliphatic heterocycles. The van der Waals surface area contributed by atoms with Gasteiger partial charge in [0.1, 0.15) is 0 Å². The van der Waals surface area contributed by atoms with Crippen molar-refractivity contribution >= 4 is 11.7 Å². The number of carbonyl (C=O) groups is 1. The van der Waals surface area contributed by atoms with Crippen molar-refractivity contribution in [2.45, 2.75) is 31.8 Å². The number of urea groups is 1. The van der Waals surface area contributed by atoms with E-state index in [2.05, 4.69) is 32.5 Å². The SMILES string of the molecule is CN(C)c1cccc(CNC(=O)N2CCCC[C@H]2c2cn[nH]c2)c1. The third-order valence-electron chi connectivity index (χ3n) is 4.54. The number of anilines is 1. The van der Waals surface area contributed by atoms with E-state index in [1.807, 2.05) is 43.5 Å². The van der Waals surface area contributed by atoms with Crippen LogP contribution < -0.4 is 10.2 Å². The highest BCUT2D eigenvalue weighted by Crippen LogP contribution is 2.30. The average Bonchev–Trinajstić information content (AvgIpc) is 3.14. The Bertz CT molecular complexity index is 668. The van der Waals surface area contributed by atoms with Gasteiger partial charge >= 0.3 is 6.03 Å². The van der Waals surface area contributed by atoms with Crippen molar-refractivity contribution < 1.29 is 4.79 Å². The van der Waals surface area contributed by atoms with Gasteiger partial charge in [-0.1, -0.05) is 12.1 Å². The van der Waals surface area contributed by atoms with E-state index < -0.39 is 0 Å². The van der Waals surface area contributed by atoms with Crippen molar-refractivity contribution in [1.82, 2.24) is 20.4 Å². The van der Waals surface area contributed by atoms with Crippen LogP contribution in [0.5, 0.6) is 0 Å². The zero-order valence-electron chi connectivity index (χ0n) is 14.3. The Morgan fingerprint density at radius 1 is 1.42 bits per heavy atom. The summed E-state index contributed by atoms with van der Waals surface area (Å²) in [5, 5.41) is 9.94. The monoisotopic (exact) mass is 327 g/mol. The molecule has 2 aromatic rings. The molecule has 0 spiro atoms. The van der Waals surface area contributed by atoms with Crippen molar-refractivity contribution in [3.8, 4) is 0 Å². The number of benzene rings is 1. The molecule has 2 heterocycles. The standard InChI is InChI=1S/C18H25N5O/c1-22(2)16-7-5-6-14(10-16)11-19-18(24)23-9-4-3-8-17(23)15-12-20-21-13-15/h5-7,10,12-13,17H,3-4,8-9,11H2,1-2H3,(H,19,24)(H,20,21)/t17-/m0/s1. The number of amides is 2. The van der Waals surface area contributed by atoms with E-state index in [1.165, 1.54) is 0 Å². The second-order valence-corrected chi connectivity index (χ2v) is 6.46. The number of piperidine rings is 1. The van der Waals surface area contributed by atoms with Gasteiger partial charge < -0.3 is 15.1 Å². The Morgan fingerprint density at radius 2 is 2.29 bits per heavy atom. The summed E-state index contributed by atoms with van der Waals surface area (Å²) < 4.78 is 0. The number of H-pyrrole nitrogens is 1. The highest BCUT2D eigenvalue weighted by molar-refractivity contribution is 5.75. The molecule has 6 nitrogen and oxygen atoms in total. The minimum atomic E-state index is -0.00356. The number of nitrogens with zero attached hydrogens (tertiary/aromatic N) is 3. The van der Waals surface area contributed by atoms with Gasteiger partial charge in [0.25, 0.3) is 0 Å². The van der Waals surface area contributed by atoms with Crippen molar-refractivity contribution in [3.63, 3.8) is 0 Å². The van der Waals surface area contributed by atoms with Crippen LogP contribution in [0.25, 0.3) is 0 Å². The summed E-state index contributed by atoms with van der Waals surface area (Å²) in [7, 11) is 4.03. The highest BCUT2D eigenvalue weighted by Gasteiger charge is 2.28. The Hall–Kier alpha value is -2.50. The van der Waals surface area contributed by atoms with Gasteiger partial charge in [0, 0.05) is 44.6 Å². The van der Waals surface area contributed by atoms with Gasteiger partial charge in [-0.05, 0) is 37.0 Å². The number of aromatic amines is 1. The van der Waals surface area contributed by atoms with Gasteiger partial charge in [0.05, 0.1) is 12.2 Å². The fourth-order valence-corrected chi connectivity index (χ4v) is 3.19. The molecule has 0 aliphatic carbocycles. The van der Waals surface area contributed by atoms with Crippen LogP contribution >= 0.6 is 0 Å². The number of nitrogens with one attached hydrogen (secondary N) is 2. The largest absolute Gasteiger partial charge is 0.378 e. The van der Waals surface area contributed by atoms with Gasteiger partial charge in [0.2, 0.25) is 0 Å². The molecule has 6 heteroatoms. The van der Waals surface area contributed by atoms with Crippen LogP contribution in [-0.2, 0) is 6.54 Å². The summed E-state index contributed by atoms with van der Waals surface area (Å²) in [5.41, 5.74) is 3.32. The lowest BCUT2D eigenvalue weighted by Crippen LogP contribution is -2.44. The molecule has 3 rings (SSSR count). The Labute approximate surface area is 142 Å². The first kappa shape index (κ1) is 16.4. The Morgan fingerprint density at radius 3 is 3.04 bits per heavy atom. The Balaban J connectivity index is 1.64. The molecule has 24 heavy (non-hydrogen) atoms. The molecule has 2 amide bonds. The molecule has 1 saturated heterocycles. The molecule has 128 valence electrons. The zero-order valence-corrected chi connectivity index (χ0v) is 14.3.